The van der Waals surface area contributed by atoms with Crippen LogP contribution in [-0.4, -0.2) is 73.0 Å². The molecule has 0 spiro atoms. The first kappa shape index (κ1) is 18.4. The highest BCUT2D eigenvalue weighted by Gasteiger charge is 2.26. The quantitative estimate of drug-likeness (QED) is 0.902. The third-order valence-electron chi connectivity index (χ3n) is 5.66. The number of hydrogen-bond acceptors (Lipinski definition) is 4. The molecule has 1 aromatic rings. The maximum absolute atomic E-state index is 12.9. The van der Waals surface area contributed by atoms with E-state index in [1.54, 1.807) is 0 Å². The number of likely N-dealkylation sites (tertiary alicyclic amines) is 1. The van der Waals surface area contributed by atoms with Gasteiger partial charge in [-0.15, -0.1) is 0 Å². The molecule has 2 fully saturated rings. The fourth-order valence-corrected chi connectivity index (χ4v) is 3.87. The monoisotopic (exact) mass is 344 g/mol. The van der Waals surface area contributed by atoms with E-state index in [0.717, 1.165) is 64.2 Å². The normalized spacial score (nSPS) is 24.3. The molecule has 25 heavy (non-hydrogen) atoms. The highest BCUT2D eigenvalue weighted by molar-refractivity contribution is 5.94. The molecule has 2 aliphatic heterocycles. The van der Waals surface area contributed by atoms with Crippen LogP contribution in [0.5, 0.6) is 0 Å². The molecule has 2 aliphatic rings. The Hall–Kier alpha value is -1.43. The zero-order valence-electron chi connectivity index (χ0n) is 15.7. The minimum absolute atomic E-state index is 0.152. The van der Waals surface area contributed by atoms with Gasteiger partial charge in [-0.3, -0.25) is 9.69 Å². The summed E-state index contributed by atoms with van der Waals surface area (Å²) in [6, 6.07) is 8.34. The molecule has 0 radical (unpaired) electrons. The molecule has 2 N–H and O–H groups in total. The summed E-state index contributed by atoms with van der Waals surface area (Å²) < 4.78 is 0. The number of piperazine rings is 1. The van der Waals surface area contributed by atoms with Gasteiger partial charge in [0.25, 0.3) is 5.91 Å². The SMILES string of the molecule is CC(N)C1CCCN(C(=O)c2cccc(CN3CCN(C)CC3)c2)C1. The molecule has 138 valence electrons. The van der Waals surface area contributed by atoms with Crippen LogP contribution in [0.15, 0.2) is 24.3 Å². The van der Waals surface area contributed by atoms with Crippen molar-refractivity contribution in [2.45, 2.75) is 32.4 Å². The zero-order chi connectivity index (χ0) is 17.8. The van der Waals surface area contributed by atoms with E-state index < -0.39 is 0 Å². The van der Waals surface area contributed by atoms with Crippen LogP contribution in [0.25, 0.3) is 0 Å². The molecular formula is C20H32N4O. The third kappa shape index (κ3) is 4.81. The van der Waals surface area contributed by atoms with E-state index in [1.165, 1.54) is 5.56 Å². The fourth-order valence-electron chi connectivity index (χ4n) is 3.87. The lowest BCUT2D eigenvalue weighted by Crippen LogP contribution is -2.45. The fraction of sp³-hybridized carbons (Fsp3) is 0.650. The van der Waals surface area contributed by atoms with Crippen LogP contribution in [0.1, 0.15) is 35.7 Å². The Kier molecular flexibility index (Phi) is 6.10. The summed E-state index contributed by atoms with van der Waals surface area (Å²) in [5.74, 6) is 0.580. The molecule has 2 unspecified atom stereocenters. The minimum atomic E-state index is 0.152. The van der Waals surface area contributed by atoms with Crippen LogP contribution < -0.4 is 5.73 Å². The standard InChI is InChI=1S/C20H32N4O/c1-16(21)19-7-4-8-24(15-19)20(25)18-6-3-5-17(13-18)14-23-11-9-22(2)10-12-23/h3,5-6,13,16,19H,4,7-12,14-15,21H2,1-2H3. The molecule has 2 heterocycles. The Bertz CT molecular complexity index is 581. The van der Waals surface area contributed by atoms with Crippen LogP contribution in [0.4, 0.5) is 0 Å². The number of amides is 1. The molecule has 5 heteroatoms. The first-order valence-electron chi connectivity index (χ1n) is 9.57. The number of hydrogen-bond donors (Lipinski definition) is 1. The van der Waals surface area contributed by atoms with E-state index in [1.807, 2.05) is 17.0 Å². The van der Waals surface area contributed by atoms with Crippen molar-refractivity contribution in [3.63, 3.8) is 0 Å². The summed E-state index contributed by atoms with van der Waals surface area (Å²) in [6.07, 6.45) is 2.18. The van der Waals surface area contributed by atoms with Crippen LogP contribution in [0.3, 0.4) is 0 Å². The van der Waals surface area contributed by atoms with Crippen LogP contribution in [0.2, 0.25) is 0 Å². The predicted octanol–water partition coefficient (Wildman–Crippen LogP) is 1.63. The molecule has 2 saturated heterocycles. The summed E-state index contributed by atoms with van der Waals surface area (Å²) in [6.45, 7) is 9.04. The van der Waals surface area contributed by atoms with Crippen molar-refractivity contribution in [3.8, 4) is 0 Å². The molecule has 3 rings (SSSR count). The number of carbonyl (C=O) groups excluding carboxylic acids is 1. The van der Waals surface area contributed by atoms with E-state index in [9.17, 15) is 4.79 Å². The minimum Gasteiger partial charge on any atom is -0.338 e. The first-order chi connectivity index (χ1) is 12.0. The average Bonchev–Trinajstić information content (AvgIpc) is 2.63. The topological polar surface area (TPSA) is 52.8 Å². The summed E-state index contributed by atoms with van der Waals surface area (Å²) in [5, 5.41) is 0. The Morgan fingerprint density at radius 3 is 2.72 bits per heavy atom. The Morgan fingerprint density at radius 2 is 2.00 bits per heavy atom. The van der Waals surface area contributed by atoms with Crippen molar-refractivity contribution in [2.24, 2.45) is 11.7 Å². The van der Waals surface area contributed by atoms with E-state index >= 15 is 0 Å². The van der Waals surface area contributed by atoms with Gasteiger partial charge < -0.3 is 15.5 Å². The number of piperidine rings is 1. The molecule has 0 bridgehead atoms. The number of benzene rings is 1. The van der Waals surface area contributed by atoms with Crippen molar-refractivity contribution in [2.75, 3.05) is 46.3 Å². The Morgan fingerprint density at radius 1 is 1.24 bits per heavy atom. The summed E-state index contributed by atoms with van der Waals surface area (Å²) in [5.41, 5.74) is 8.11. The molecule has 2 atom stereocenters. The van der Waals surface area contributed by atoms with Gasteiger partial charge in [-0.25, -0.2) is 0 Å². The van der Waals surface area contributed by atoms with Crippen molar-refractivity contribution >= 4 is 5.91 Å². The van der Waals surface area contributed by atoms with Gasteiger partial charge in [0.1, 0.15) is 0 Å². The number of rotatable bonds is 4. The van der Waals surface area contributed by atoms with E-state index in [4.69, 9.17) is 5.73 Å². The Balaban J connectivity index is 1.63. The molecular weight excluding hydrogens is 312 g/mol. The largest absolute Gasteiger partial charge is 0.338 e. The zero-order valence-corrected chi connectivity index (χ0v) is 15.7. The van der Waals surface area contributed by atoms with E-state index in [-0.39, 0.29) is 11.9 Å². The number of nitrogens with two attached hydrogens (primary N) is 1. The van der Waals surface area contributed by atoms with Gasteiger partial charge in [0.05, 0.1) is 0 Å². The molecule has 0 saturated carbocycles. The lowest BCUT2D eigenvalue weighted by molar-refractivity contribution is 0.0660. The number of carbonyl (C=O) groups is 1. The van der Waals surface area contributed by atoms with Crippen LogP contribution in [0, 0.1) is 5.92 Å². The second kappa shape index (κ2) is 8.30. The van der Waals surface area contributed by atoms with Gasteiger partial charge in [-0.1, -0.05) is 12.1 Å². The van der Waals surface area contributed by atoms with Crippen LogP contribution in [-0.2, 0) is 6.54 Å². The predicted molar refractivity (Wildman–Crippen MR) is 101 cm³/mol. The maximum Gasteiger partial charge on any atom is 0.253 e. The molecule has 5 nitrogen and oxygen atoms in total. The Labute approximate surface area is 151 Å². The van der Waals surface area contributed by atoms with Crippen molar-refractivity contribution in [1.82, 2.24) is 14.7 Å². The third-order valence-corrected chi connectivity index (χ3v) is 5.66. The molecule has 1 amide bonds. The average molecular weight is 345 g/mol. The van der Waals surface area contributed by atoms with Crippen LogP contribution >= 0.6 is 0 Å². The maximum atomic E-state index is 12.9. The summed E-state index contributed by atoms with van der Waals surface area (Å²) in [7, 11) is 2.17. The smallest absolute Gasteiger partial charge is 0.253 e. The second-order valence-corrected chi connectivity index (χ2v) is 7.79. The van der Waals surface area contributed by atoms with Gasteiger partial charge in [0, 0.05) is 57.4 Å². The molecule has 0 aromatic heterocycles. The highest BCUT2D eigenvalue weighted by Crippen LogP contribution is 2.21. The van der Waals surface area contributed by atoms with Gasteiger partial charge in [0.2, 0.25) is 0 Å². The lowest BCUT2D eigenvalue weighted by atomic mass is 9.92. The van der Waals surface area contributed by atoms with Gasteiger partial charge in [-0.2, -0.15) is 0 Å². The first-order valence-corrected chi connectivity index (χ1v) is 9.57. The summed E-state index contributed by atoms with van der Waals surface area (Å²) >= 11 is 0. The van der Waals surface area contributed by atoms with Crippen molar-refractivity contribution in [3.05, 3.63) is 35.4 Å². The van der Waals surface area contributed by atoms with E-state index in [2.05, 4.69) is 35.9 Å². The van der Waals surface area contributed by atoms with Crippen molar-refractivity contribution < 1.29 is 4.79 Å². The highest BCUT2D eigenvalue weighted by atomic mass is 16.2. The number of nitrogens with zero attached hydrogens (tertiary/aromatic N) is 3. The molecule has 1 aromatic carbocycles. The summed E-state index contributed by atoms with van der Waals surface area (Å²) in [4.78, 5) is 19.7. The van der Waals surface area contributed by atoms with Gasteiger partial charge >= 0.3 is 0 Å². The second-order valence-electron chi connectivity index (χ2n) is 7.79. The molecule has 0 aliphatic carbocycles. The number of likely N-dealkylation sites (N-methyl/N-ethyl adjacent to an activating group) is 1. The van der Waals surface area contributed by atoms with Crippen molar-refractivity contribution in [1.29, 1.82) is 0 Å². The lowest BCUT2D eigenvalue weighted by Gasteiger charge is -2.35. The van der Waals surface area contributed by atoms with Gasteiger partial charge in [-0.05, 0) is 50.4 Å². The van der Waals surface area contributed by atoms with Gasteiger partial charge in [0.15, 0.2) is 0 Å². The van der Waals surface area contributed by atoms with E-state index in [0.29, 0.717) is 5.92 Å².